The van der Waals surface area contributed by atoms with Crippen LogP contribution in [0.2, 0.25) is 0 Å². The van der Waals surface area contributed by atoms with Gasteiger partial charge in [0.15, 0.2) is 6.61 Å². The Bertz CT molecular complexity index is 1100. The second-order valence-corrected chi connectivity index (χ2v) is 7.78. The number of nitrogens with zero attached hydrogens (tertiary/aromatic N) is 1. The van der Waals surface area contributed by atoms with Gasteiger partial charge in [0, 0.05) is 11.3 Å². The van der Waals surface area contributed by atoms with Crippen molar-refractivity contribution in [2.45, 2.75) is 13.8 Å². The van der Waals surface area contributed by atoms with E-state index in [0.717, 1.165) is 16.0 Å². The molecule has 2 aromatic carbocycles. The number of anilines is 1. The second-order valence-electron chi connectivity index (χ2n) is 6.78. The van der Waals surface area contributed by atoms with Crippen molar-refractivity contribution in [3.63, 3.8) is 0 Å². The lowest BCUT2D eigenvalue weighted by Gasteiger charge is -2.14. The summed E-state index contributed by atoms with van der Waals surface area (Å²) in [5.41, 5.74) is 2.99. The fourth-order valence-corrected chi connectivity index (χ4v) is 3.70. The van der Waals surface area contributed by atoms with Crippen molar-refractivity contribution in [3.05, 3.63) is 64.1 Å². The van der Waals surface area contributed by atoms with Gasteiger partial charge in [-0.3, -0.25) is 19.3 Å². The van der Waals surface area contributed by atoms with Crippen molar-refractivity contribution in [3.8, 4) is 5.75 Å². The number of imide groups is 1. The summed E-state index contributed by atoms with van der Waals surface area (Å²) in [5.74, 6) is -1.95. The zero-order chi connectivity index (χ0) is 22.5. The molecule has 160 valence electrons. The quantitative estimate of drug-likeness (QED) is 0.634. The summed E-state index contributed by atoms with van der Waals surface area (Å²) in [5, 5.41) is 11.0. The number of aryl methyl sites for hydroxylation is 1. The van der Waals surface area contributed by atoms with Crippen LogP contribution in [0.4, 0.5) is 10.5 Å². The number of para-hydroxylation sites is 1. The van der Waals surface area contributed by atoms with E-state index in [2.05, 4.69) is 5.32 Å². The molecule has 3 rings (SSSR count). The minimum atomic E-state index is -1.13. The van der Waals surface area contributed by atoms with Crippen LogP contribution in [0.15, 0.2) is 47.4 Å². The third-order valence-corrected chi connectivity index (χ3v) is 5.52. The molecule has 0 radical (unpaired) electrons. The summed E-state index contributed by atoms with van der Waals surface area (Å²) in [4.78, 5) is 49.2. The average molecular weight is 440 g/mol. The summed E-state index contributed by atoms with van der Waals surface area (Å²) >= 11 is 0.710. The number of ether oxygens (including phenoxy) is 1. The zero-order valence-corrected chi connectivity index (χ0v) is 17.7. The molecule has 0 bridgehead atoms. The van der Waals surface area contributed by atoms with E-state index < -0.39 is 36.2 Å². The Morgan fingerprint density at radius 2 is 1.87 bits per heavy atom. The van der Waals surface area contributed by atoms with Crippen molar-refractivity contribution < 1.29 is 29.0 Å². The normalized spacial score (nSPS) is 14.8. The Balaban J connectivity index is 1.73. The number of rotatable bonds is 7. The number of benzene rings is 2. The smallest absolute Gasteiger partial charge is 0.341 e. The van der Waals surface area contributed by atoms with Gasteiger partial charge in [-0.1, -0.05) is 30.3 Å². The summed E-state index contributed by atoms with van der Waals surface area (Å²) < 4.78 is 5.22. The van der Waals surface area contributed by atoms with Crippen LogP contribution >= 0.6 is 11.8 Å². The highest BCUT2D eigenvalue weighted by Gasteiger charge is 2.36. The summed E-state index contributed by atoms with van der Waals surface area (Å²) in [6, 6.07) is 12.0. The van der Waals surface area contributed by atoms with Crippen molar-refractivity contribution >= 4 is 46.5 Å². The molecular weight excluding hydrogens is 420 g/mol. The first-order chi connectivity index (χ1) is 14.8. The SMILES string of the molecule is Cc1cccc(NC(=O)CN2C(=O)S/C(=C/c3ccccc3OCC(=O)O)C2=O)c1C. The Labute approximate surface area is 182 Å². The number of carboxylic acid groups (broad SMARTS) is 1. The minimum absolute atomic E-state index is 0.121. The number of carbonyl (C=O) groups is 4. The number of thioether (sulfide) groups is 1. The predicted octanol–water partition coefficient (Wildman–Crippen LogP) is 3.44. The Hall–Kier alpha value is -3.59. The molecule has 2 aromatic rings. The molecule has 0 unspecified atom stereocenters. The van der Waals surface area contributed by atoms with Crippen molar-refractivity contribution in [2.75, 3.05) is 18.5 Å². The van der Waals surface area contributed by atoms with Crippen LogP contribution in [0.25, 0.3) is 6.08 Å². The van der Waals surface area contributed by atoms with E-state index in [1.54, 1.807) is 30.3 Å². The van der Waals surface area contributed by atoms with Gasteiger partial charge >= 0.3 is 5.97 Å². The maximum atomic E-state index is 12.7. The number of nitrogens with one attached hydrogen (secondary N) is 1. The van der Waals surface area contributed by atoms with Crippen LogP contribution in [-0.2, 0) is 14.4 Å². The van der Waals surface area contributed by atoms with E-state index in [-0.39, 0.29) is 10.7 Å². The highest BCUT2D eigenvalue weighted by molar-refractivity contribution is 8.18. The first-order valence-electron chi connectivity index (χ1n) is 9.31. The monoisotopic (exact) mass is 440 g/mol. The minimum Gasteiger partial charge on any atom is -0.481 e. The third-order valence-electron chi connectivity index (χ3n) is 4.61. The summed E-state index contributed by atoms with van der Waals surface area (Å²) in [6.07, 6.45) is 1.45. The zero-order valence-electron chi connectivity index (χ0n) is 16.9. The number of carbonyl (C=O) groups excluding carboxylic acids is 3. The molecule has 8 nitrogen and oxygen atoms in total. The van der Waals surface area contributed by atoms with Crippen molar-refractivity contribution in [1.29, 1.82) is 0 Å². The Morgan fingerprint density at radius 3 is 2.61 bits per heavy atom. The Morgan fingerprint density at radius 1 is 1.13 bits per heavy atom. The van der Waals surface area contributed by atoms with Crippen LogP contribution in [0.1, 0.15) is 16.7 Å². The molecule has 3 amide bonds. The van der Waals surface area contributed by atoms with Gasteiger partial charge in [0.05, 0.1) is 4.91 Å². The molecule has 0 aliphatic carbocycles. The van der Waals surface area contributed by atoms with Crippen LogP contribution in [-0.4, -0.2) is 46.2 Å². The lowest BCUT2D eigenvalue weighted by molar-refractivity contribution is -0.139. The summed E-state index contributed by atoms with van der Waals surface area (Å²) in [6.45, 7) is 2.85. The molecule has 1 heterocycles. The van der Waals surface area contributed by atoms with E-state index in [1.807, 2.05) is 26.0 Å². The highest BCUT2D eigenvalue weighted by atomic mass is 32.2. The maximum absolute atomic E-state index is 12.7. The van der Waals surface area contributed by atoms with Crippen LogP contribution in [0, 0.1) is 13.8 Å². The van der Waals surface area contributed by atoms with Crippen LogP contribution in [0.5, 0.6) is 5.75 Å². The standard InChI is InChI=1S/C22H20N2O6S/c1-13-6-5-8-16(14(13)2)23-19(25)11-24-21(28)18(31-22(24)29)10-15-7-3-4-9-17(15)30-12-20(26)27/h3-10H,11-12H2,1-2H3,(H,23,25)(H,26,27)/b18-10+. The molecule has 1 saturated heterocycles. The van der Waals surface area contributed by atoms with Gasteiger partial charge in [-0.2, -0.15) is 0 Å². The topological polar surface area (TPSA) is 113 Å². The number of hydrogen-bond acceptors (Lipinski definition) is 6. The predicted molar refractivity (Wildman–Crippen MR) is 117 cm³/mol. The van der Waals surface area contributed by atoms with Gasteiger partial charge in [-0.15, -0.1) is 0 Å². The number of aliphatic carboxylic acids is 1. The van der Waals surface area contributed by atoms with Gasteiger partial charge in [-0.25, -0.2) is 4.79 Å². The average Bonchev–Trinajstić information content (AvgIpc) is 2.98. The molecule has 2 N–H and O–H groups in total. The third kappa shape index (κ3) is 5.32. The van der Waals surface area contributed by atoms with E-state index >= 15 is 0 Å². The fraction of sp³-hybridized carbons (Fsp3) is 0.182. The van der Waals surface area contributed by atoms with Gasteiger partial charge in [0.2, 0.25) is 5.91 Å². The molecule has 31 heavy (non-hydrogen) atoms. The molecule has 0 saturated carbocycles. The molecule has 0 aromatic heterocycles. The first-order valence-corrected chi connectivity index (χ1v) is 10.1. The lowest BCUT2D eigenvalue weighted by atomic mass is 10.1. The fourth-order valence-electron chi connectivity index (χ4n) is 2.87. The van der Waals surface area contributed by atoms with Crippen molar-refractivity contribution in [1.82, 2.24) is 4.90 Å². The molecule has 0 atom stereocenters. The van der Waals surface area contributed by atoms with Crippen LogP contribution < -0.4 is 10.1 Å². The molecule has 0 spiro atoms. The Kier molecular flexibility index (Phi) is 6.76. The van der Waals surface area contributed by atoms with E-state index in [4.69, 9.17) is 9.84 Å². The van der Waals surface area contributed by atoms with E-state index in [0.29, 0.717) is 23.0 Å². The van der Waals surface area contributed by atoms with Gasteiger partial charge in [0.1, 0.15) is 12.3 Å². The molecular formula is C22H20N2O6S. The number of hydrogen-bond donors (Lipinski definition) is 2. The molecule has 9 heteroatoms. The molecule has 1 aliphatic rings. The number of amides is 3. The largest absolute Gasteiger partial charge is 0.481 e. The highest BCUT2D eigenvalue weighted by Crippen LogP contribution is 2.34. The van der Waals surface area contributed by atoms with Crippen molar-refractivity contribution in [2.24, 2.45) is 0 Å². The van der Waals surface area contributed by atoms with E-state index in [1.165, 1.54) is 6.08 Å². The lowest BCUT2D eigenvalue weighted by Crippen LogP contribution is -2.36. The molecule has 1 fully saturated rings. The van der Waals surface area contributed by atoms with E-state index in [9.17, 15) is 19.2 Å². The van der Waals surface area contributed by atoms with Gasteiger partial charge in [0.25, 0.3) is 11.1 Å². The number of carboxylic acids is 1. The van der Waals surface area contributed by atoms with Gasteiger partial charge in [-0.05, 0) is 54.9 Å². The first kappa shape index (κ1) is 22.1. The molecule has 1 aliphatic heterocycles. The maximum Gasteiger partial charge on any atom is 0.341 e. The second kappa shape index (κ2) is 9.48. The van der Waals surface area contributed by atoms with Gasteiger partial charge < -0.3 is 15.2 Å². The van der Waals surface area contributed by atoms with Crippen LogP contribution in [0.3, 0.4) is 0 Å². The summed E-state index contributed by atoms with van der Waals surface area (Å²) in [7, 11) is 0.